The van der Waals surface area contributed by atoms with Crippen LogP contribution in [0.3, 0.4) is 0 Å². The molecule has 2 heterocycles. The molecule has 0 spiro atoms. The second-order valence-corrected chi connectivity index (χ2v) is 7.83. The van der Waals surface area contributed by atoms with Crippen molar-refractivity contribution in [3.8, 4) is 11.1 Å². The molecule has 1 fully saturated rings. The lowest BCUT2D eigenvalue weighted by Gasteiger charge is -2.29. The molecule has 2 N–H and O–H groups in total. The first-order chi connectivity index (χ1) is 15.5. The molecule has 0 radical (unpaired) electrons. The van der Waals surface area contributed by atoms with E-state index < -0.39 is 5.97 Å². The van der Waals surface area contributed by atoms with E-state index in [4.69, 9.17) is 14.8 Å². The van der Waals surface area contributed by atoms with Crippen LogP contribution in [0.2, 0.25) is 0 Å². The van der Waals surface area contributed by atoms with Crippen molar-refractivity contribution in [2.24, 2.45) is 0 Å². The van der Waals surface area contributed by atoms with Gasteiger partial charge in [-0.05, 0) is 60.4 Å². The molecule has 4 rings (SSSR count). The molecular weight excluding hydrogens is 404 g/mol. The minimum atomic E-state index is -0.977. The summed E-state index contributed by atoms with van der Waals surface area (Å²) in [5.41, 5.74) is 5.91. The summed E-state index contributed by atoms with van der Waals surface area (Å²) in [6.45, 7) is 6.90. The van der Waals surface area contributed by atoms with Crippen LogP contribution in [-0.4, -0.2) is 47.3 Å². The molecule has 1 saturated heterocycles. The fourth-order valence-corrected chi connectivity index (χ4v) is 3.81. The van der Waals surface area contributed by atoms with Crippen LogP contribution in [0.5, 0.6) is 0 Å². The van der Waals surface area contributed by atoms with Crippen LogP contribution in [0, 0.1) is 13.8 Å². The lowest BCUT2D eigenvalue weighted by atomic mass is 10.0. The first kappa shape index (κ1) is 21.5. The Kier molecular flexibility index (Phi) is 6.47. The Labute approximate surface area is 187 Å². The third-order valence-corrected chi connectivity index (χ3v) is 5.17. The van der Waals surface area contributed by atoms with Gasteiger partial charge in [-0.1, -0.05) is 24.3 Å². The number of hydrogen-bond donors (Lipinski definition) is 2. The first-order valence-corrected chi connectivity index (χ1v) is 10.5. The Bertz CT molecular complexity index is 1130. The monoisotopic (exact) mass is 430 g/mol. The molecule has 1 aromatic heterocycles. The van der Waals surface area contributed by atoms with E-state index in [1.807, 2.05) is 30.5 Å². The van der Waals surface area contributed by atoms with Crippen molar-refractivity contribution >= 4 is 29.5 Å². The zero-order valence-corrected chi connectivity index (χ0v) is 18.2. The molecule has 0 unspecified atom stereocenters. The topological polar surface area (TPSA) is 87.6 Å². The smallest absolute Gasteiger partial charge is 0.328 e. The van der Waals surface area contributed by atoms with Crippen molar-refractivity contribution < 1.29 is 14.6 Å². The van der Waals surface area contributed by atoms with Gasteiger partial charge in [0.25, 0.3) is 0 Å². The lowest BCUT2D eigenvalue weighted by molar-refractivity contribution is -0.131. The second-order valence-electron chi connectivity index (χ2n) is 7.83. The molecule has 0 amide bonds. The van der Waals surface area contributed by atoms with Gasteiger partial charge in [0.1, 0.15) is 5.82 Å². The van der Waals surface area contributed by atoms with Crippen molar-refractivity contribution in [1.82, 2.24) is 9.97 Å². The van der Waals surface area contributed by atoms with Crippen molar-refractivity contribution in [3.63, 3.8) is 0 Å². The number of nitrogens with one attached hydrogen (secondary N) is 1. The molecule has 7 nitrogen and oxygen atoms in total. The van der Waals surface area contributed by atoms with Crippen LogP contribution in [0.4, 0.5) is 17.5 Å². The molecular formula is C25H26N4O3. The fraction of sp³-hybridized carbons (Fsp3) is 0.240. The third-order valence-electron chi connectivity index (χ3n) is 5.17. The molecule has 3 aromatic rings. The van der Waals surface area contributed by atoms with E-state index in [1.165, 1.54) is 11.1 Å². The number of carboxylic acids is 1. The predicted octanol–water partition coefficient (Wildman–Crippen LogP) is 4.44. The molecule has 164 valence electrons. The first-order valence-electron chi connectivity index (χ1n) is 10.5. The van der Waals surface area contributed by atoms with Crippen molar-refractivity contribution in [2.75, 3.05) is 36.5 Å². The van der Waals surface area contributed by atoms with Crippen LogP contribution in [0.1, 0.15) is 16.7 Å². The third kappa shape index (κ3) is 5.31. The molecule has 0 aliphatic carbocycles. The molecule has 32 heavy (non-hydrogen) atoms. The van der Waals surface area contributed by atoms with E-state index in [9.17, 15) is 4.79 Å². The zero-order valence-electron chi connectivity index (χ0n) is 18.2. The quantitative estimate of drug-likeness (QED) is 0.559. The average Bonchev–Trinajstić information content (AvgIpc) is 2.78. The van der Waals surface area contributed by atoms with Gasteiger partial charge < -0.3 is 20.1 Å². The van der Waals surface area contributed by atoms with Gasteiger partial charge in [0.2, 0.25) is 5.95 Å². The summed E-state index contributed by atoms with van der Waals surface area (Å²) >= 11 is 0. The summed E-state index contributed by atoms with van der Waals surface area (Å²) in [6.07, 6.45) is 4.54. The largest absolute Gasteiger partial charge is 0.478 e. The number of benzene rings is 2. The van der Waals surface area contributed by atoms with Gasteiger partial charge in [-0.25, -0.2) is 9.78 Å². The number of hydrogen-bond acceptors (Lipinski definition) is 6. The Morgan fingerprint density at radius 2 is 1.88 bits per heavy atom. The Balaban J connectivity index is 1.72. The van der Waals surface area contributed by atoms with Crippen LogP contribution >= 0.6 is 0 Å². The minimum Gasteiger partial charge on any atom is -0.478 e. The number of aromatic nitrogens is 2. The number of carboxylic acid groups (broad SMARTS) is 1. The molecule has 0 saturated carbocycles. The molecule has 1 aliphatic rings. The van der Waals surface area contributed by atoms with E-state index in [1.54, 1.807) is 6.08 Å². The average molecular weight is 431 g/mol. The zero-order chi connectivity index (χ0) is 22.5. The summed E-state index contributed by atoms with van der Waals surface area (Å²) in [7, 11) is 0. The number of ether oxygens (including phenoxy) is 1. The Morgan fingerprint density at radius 1 is 1.12 bits per heavy atom. The Morgan fingerprint density at radius 3 is 2.59 bits per heavy atom. The van der Waals surface area contributed by atoms with Crippen molar-refractivity contribution in [2.45, 2.75) is 13.8 Å². The van der Waals surface area contributed by atoms with Crippen molar-refractivity contribution in [1.29, 1.82) is 0 Å². The highest BCUT2D eigenvalue weighted by molar-refractivity contribution is 5.86. The normalized spacial score (nSPS) is 14.0. The molecule has 7 heteroatoms. The maximum atomic E-state index is 10.9. The van der Waals surface area contributed by atoms with E-state index in [0.717, 1.165) is 47.4 Å². The van der Waals surface area contributed by atoms with E-state index in [0.29, 0.717) is 19.2 Å². The van der Waals surface area contributed by atoms with E-state index in [2.05, 4.69) is 47.2 Å². The van der Waals surface area contributed by atoms with Gasteiger partial charge >= 0.3 is 5.97 Å². The van der Waals surface area contributed by atoms with Crippen LogP contribution in [-0.2, 0) is 9.53 Å². The van der Waals surface area contributed by atoms with Gasteiger partial charge in [0.05, 0.1) is 13.2 Å². The van der Waals surface area contributed by atoms with Gasteiger partial charge in [-0.3, -0.25) is 0 Å². The summed E-state index contributed by atoms with van der Waals surface area (Å²) in [6, 6.07) is 14.0. The van der Waals surface area contributed by atoms with Crippen LogP contribution in [0.15, 0.2) is 54.7 Å². The van der Waals surface area contributed by atoms with E-state index >= 15 is 0 Å². The van der Waals surface area contributed by atoms with Crippen LogP contribution in [0.25, 0.3) is 17.2 Å². The van der Waals surface area contributed by atoms with Gasteiger partial charge in [0.15, 0.2) is 0 Å². The molecule has 1 aliphatic heterocycles. The maximum absolute atomic E-state index is 10.9. The van der Waals surface area contributed by atoms with Gasteiger partial charge in [-0.15, -0.1) is 0 Å². The summed E-state index contributed by atoms with van der Waals surface area (Å²) in [5.74, 6) is 0.381. The standard InChI is InChI=1S/C25H26N4O3/c1-17-12-18(2)14-21(13-17)27-25-26-16-22(24(28-25)29-8-10-32-11-9-29)20-5-3-4-19(15-20)6-7-23(30)31/h3-7,12-16H,8-11H2,1-2H3,(H,30,31)(H,26,27,28)/b7-6+. The highest BCUT2D eigenvalue weighted by Gasteiger charge is 2.19. The summed E-state index contributed by atoms with van der Waals surface area (Å²) in [5, 5.41) is 12.3. The molecule has 0 atom stereocenters. The number of morpholine rings is 1. The minimum absolute atomic E-state index is 0.530. The lowest BCUT2D eigenvalue weighted by Crippen LogP contribution is -2.37. The Hall–Kier alpha value is -3.71. The summed E-state index contributed by atoms with van der Waals surface area (Å²) < 4.78 is 5.53. The van der Waals surface area contributed by atoms with Crippen LogP contribution < -0.4 is 10.2 Å². The maximum Gasteiger partial charge on any atom is 0.328 e. The van der Waals surface area contributed by atoms with Gasteiger partial charge in [0, 0.05) is 36.6 Å². The second kappa shape index (κ2) is 9.62. The molecule has 0 bridgehead atoms. The number of rotatable bonds is 6. The SMILES string of the molecule is Cc1cc(C)cc(Nc2ncc(-c3cccc(/C=C/C(=O)O)c3)c(N3CCOCC3)n2)c1. The number of carbonyl (C=O) groups is 1. The number of nitrogens with zero attached hydrogens (tertiary/aromatic N) is 3. The predicted molar refractivity (Wildman–Crippen MR) is 126 cm³/mol. The van der Waals surface area contributed by atoms with Crippen molar-refractivity contribution in [3.05, 3.63) is 71.4 Å². The highest BCUT2D eigenvalue weighted by atomic mass is 16.5. The number of aliphatic carboxylic acids is 1. The number of anilines is 3. The summed E-state index contributed by atoms with van der Waals surface area (Å²) in [4.78, 5) is 22.5. The number of aryl methyl sites for hydroxylation is 2. The highest BCUT2D eigenvalue weighted by Crippen LogP contribution is 2.31. The fourth-order valence-electron chi connectivity index (χ4n) is 3.81. The van der Waals surface area contributed by atoms with Gasteiger partial charge in [-0.2, -0.15) is 4.98 Å². The van der Waals surface area contributed by atoms with E-state index in [-0.39, 0.29) is 0 Å². The molecule has 2 aromatic carbocycles.